The number of rotatable bonds is 12. The second-order valence-corrected chi connectivity index (χ2v) is 17.6. The number of benzene rings is 1. The van der Waals surface area contributed by atoms with Crippen LogP contribution in [0.15, 0.2) is 30.5 Å². The molecule has 0 spiro atoms. The molecule has 304 valence electrons. The maximum absolute atomic E-state index is 11.9. The van der Waals surface area contributed by atoms with E-state index in [0.717, 1.165) is 86.1 Å². The number of hydrazine groups is 1. The van der Waals surface area contributed by atoms with Gasteiger partial charge in [-0.25, -0.2) is 10.4 Å². The Morgan fingerprint density at radius 2 is 1.73 bits per heavy atom. The van der Waals surface area contributed by atoms with E-state index in [1.807, 2.05) is 6.20 Å². The number of piperazine rings is 1. The smallest absolute Gasteiger partial charge is 0.480 e. The van der Waals surface area contributed by atoms with Gasteiger partial charge in [-0.2, -0.15) is 0 Å². The van der Waals surface area contributed by atoms with Crippen LogP contribution in [0, 0.1) is 5.41 Å². The SMILES string of the molecule is CCn1c(-c2cc(N3CCN(C4CC4)CC3)cnc2[C@H](C)OC)c(CC(C)(C)CN2CCC[C@@H](C(=O)O)N2)c2cc(B3OC(C)(C)C(C)(C)O3)ccc21.Cl.Cl. The van der Waals surface area contributed by atoms with Crippen LogP contribution in [0.3, 0.4) is 0 Å². The van der Waals surface area contributed by atoms with Gasteiger partial charge in [0.05, 0.1) is 40.6 Å². The Kier molecular flexibility index (Phi) is 13.4. The number of nitrogens with zero attached hydrogens (tertiary/aromatic N) is 5. The zero-order valence-electron chi connectivity index (χ0n) is 34.3. The van der Waals surface area contributed by atoms with Crippen LogP contribution in [-0.2, 0) is 31.8 Å². The molecule has 2 aromatic heterocycles. The average molecular weight is 802 g/mol. The summed E-state index contributed by atoms with van der Waals surface area (Å²) in [6.45, 7) is 23.7. The molecule has 4 fully saturated rings. The molecule has 1 aromatic carbocycles. The molecule has 11 nitrogen and oxygen atoms in total. The van der Waals surface area contributed by atoms with Gasteiger partial charge >= 0.3 is 13.1 Å². The molecule has 2 atom stereocenters. The number of halogens is 2. The standard InChI is InChI=1S/C41H61BN6O5.2ClH/c1-10-48-35-16-13-28(42-52-40(5,6)41(7,8)53-42)22-31(35)33(24-39(3,4)26-47-17-11-12-34(44-47)38(49)50)37(48)32-23-30(25-43-36(32)27(2)51-9)46-20-18-45(19-21-46)29-14-15-29;;/h13,16,22-23,25,27,29,34,44H,10-12,14-15,17-21,24,26H2,1-9H3,(H,49,50);2*1H/t27-,34-;;/m0../s1. The lowest BCUT2D eigenvalue weighted by atomic mass is 9.77. The van der Waals surface area contributed by atoms with Crippen molar-refractivity contribution in [1.82, 2.24) is 24.9 Å². The van der Waals surface area contributed by atoms with Gasteiger partial charge in [-0.3, -0.25) is 14.7 Å². The Morgan fingerprint density at radius 3 is 2.33 bits per heavy atom. The quantitative estimate of drug-likeness (QED) is 0.198. The lowest BCUT2D eigenvalue weighted by molar-refractivity contribution is -0.142. The third-order valence-electron chi connectivity index (χ3n) is 12.5. The van der Waals surface area contributed by atoms with Gasteiger partial charge in [0, 0.05) is 75.4 Å². The summed E-state index contributed by atoms with van der Waals surface area (Å²) < 4.78 is 21.6. The minimum atomic E-state index is -0.794. The Balaban J connectivity index is 0.00000290. The van der Waals surface area contributed by atoms with Crippen LogP contribution >= 0.6 is 24.8 Å². The highest BCUT2D eigenvalue weighted by molar-refractivity contribution is 6.62. The van der Waals surface area contributed by atoms with Crippen molar-refractivity contribution in [2.45, 2.75) is 123 Å². The van der Waals surface area contributed by atoms with Crippen molar-refractivity contribution >= 4 is 60.0 Å². The lowest BCUT2D eigenvalue weighted by Crippen LogP contribution is -2.55. The third-order valence-corrected chi connectivity index (χ3v) is 12.5. The maximum Gasteiger partial charge on any atom is 0.494 e. The first-order valence-corrected chi connectivity index (χ1v) is 19.9. The van der Waals surface area contributed by atoms with Gasteiger partial charge in [-0.1, -0.05) is 26.0 Å². The van der Waals surface area contributed by atoms with Crippen LogP contribution < -0.4 is 15.8 Å². The molecule has 1 saturated carbocycles. The molecule has 5 heterocycles. The number of nitrogens with one attached hydrogen (secondary N) is 1. The van der Waals surface area contributed by atoms with Crippen LogP contribution in [0.1, 0.15) is 98.4 Å². The topological polar surface area (TPSA) is 105 Å². The first-order chi connectivity index (χ1) is 25.1. The number of carboxylic acids is 1. The minimum Gasteiger partial charge on any atom is -0.480 e. The first kappa shape index (κ1) is 43.7. The van der Waals surface area contributed by atoms with Gasteiger partial charge in [0.2, 0.25) is 0 Å². The first-order valence-electron chi connectivity index (χ1n) is 19.9. The predicted molar refractivity (Wildman–Crippen MR) is 226 cm³/mol. The van der Waals surface area contributed by atoms with Crippen molar-refractivity contribution in [3.05, 3.63) is 41.7 Å². The Morgan fingerprint density at radius 1 is 1.05 bits per heavy atom. The molecule has 3 saturated heterocycles. The molecule has 3 aliphatic heterocycles. The van der Waals surface area contributed by atoms with Crippen LogP contribution in [-0.4, -0.2) is 107 Å². The van der Waals surface area contributed by atoms with E-state index in [-0.39, 0.29) is 36.3 Å². The Bertz CT molecular complexity index is 1810. The Labute approximate surface area is 340 Å². The largest absolute Gasteiger partial charge is 0.494 e. The van der Waals surface area contributed by atoms with Crippen molar-refractivity contribution in [2.24, 2.45) is 5.41 Å². The summed E-state index contributed by atoms with van der Waals surface area (Å²) in [7, 11) is 1.28. The van der Waals surface area contributed by atoms with Crippen LogP contribution in [0.5, 0.6) is 0 Å². The summed E-state index contributed by atoms with van der Waals surface area (Å²) >= 11 is 0. The van der Waals surface area contributed by atoms with E-state index >= 15 is 0 Å². The average Bonchev–Trinajstić information content (AvgIpc) is 3.89. The number of aliphatic carboxylic acids is 1. The highest BCUT2D eigenvalue weighted by Crippen LogP contribution is 2.43. The Hall–Kier alpha value is -2.42. The number of methoxy groups -OCH3 is 1. The van der Waals surface area contributed by atoms with Gasteiger partial charge in [0.1, 0.15) is 6.04 Å². The normalized spacial score (nSPS) is 22.4. The monoisotopic (exact) mass is 800 g/mol. The van der Waals surface area contributed by atoms with E-state index in [9.17, 15) is 9.90 Å². The van der Waals surface area contributed by atoms with Gasteiger partial charge in [0.25, 0.3) is 0 Å². The maximum atomic E-state index is 11.9. The van der Waals surface area contributed by atoms with Crippen LogP contribution in [0.25, 0.3) is 22.2 Å². The molecule has 3 aromatic rings. The molecule has 2 N–H and O–H groups in total. The number of ether oxygens (including phenoxy) is 1. The molecule has 55 heavy (non-hydrogen) atoms. The second kappa shape index (κ2) is 16.8. The van der Waals surface area contributed by atoms with Crippen molar-refractivity contribution in [3.8, 4) is 11.3 Å². The summed E-state index contributed by atoms with van der Waals surface area (Å²) in [6.07, 6.45) is 6.76. The summed E-state index contributed by atoms with van der Waals surface area (Å²) in [5.74, 6) is -0.794. The zero-order valence-corrected chi connectivity index (χ0v) is 35.9. The summed E-state index contributed by atoms with van der Waals surface area (Å²) in [5.41, 5.74) is 9.95. The number of anilines is 1. The molecule has 7 rings (SSSR count). The number of pyridine rings is 1. The number of aryl methyl sites for hydroxylation is 1. The van der Waals surface area contributed by atoms with E-state index in [2.05, 4.69) is 104 Å². The molecule has 0 amide bonds. The molecule has 1 aliphatic carbocycles. The molecule has 14 heteroatoms. The summed E-state index contributed by atoms with van der Waals surface area (Å²) in [4.78, 5) is 22.2. The number of hydrogen-bond donors (Lipinski definition) is 2. The van der Waals surface area contributed by atoms with Gasteiger partial charge in [0.15, 0.2) is 0 Å². The zero-order chi connectivity index (χ0) is 37.9. The van der Waals surface area contributed by atoms with Crippen molar-refractivity contribution in [1.29, 1.82) is 0 Å². The molecule has 0 unspecified atom stereocenters. The van der Waals surface area contributed by atoms with Crippen LogP contribution in [0.2, 0.25) is 0 Å². The number of hydrogen-bond acceptors (Lipinski definition) is 9. The third kappa shape index (κ3) is 8.87. The predicted octanol–water partition coefficient (Wildman–Crippen LogP) is 6.48. The number of aromatic nitrogens is 2. The fourth-order valence-electron chi connectivity index (χ4n) is 8.62. The lowest BCUT2D eigenvalue weighted by Gasteiger charge is -2.38. The fraction of sp³-hybridized carbons (Fsp3) is 0.659. The van der Waals surface area contributed by atoms with Crippen LogP contribution in [0.4, 0.5) is 5.69 Å². The van der Waals surface area contributed by atoms with Gasteiger partial charge in [-0.05, 0) is 102 Å². The number of carbonyl (C=O) groups is 1. The molecule has 0 radical (unpaired) electrons. The summed E-state index contributed by atoms with van der Waals surface area (Å²) in [5, 5.41) is 13.1. The highest BCUT2D eigenvalue weighted by Gasteiger charge is 2.52. The minimum absolute atomic E-state index is 0. The number of fused-ring (bicyclic) bond motifs is 1. The van der Waals surface area contributed by atoms with Gasteiger partial charge < -0.3 is 28.6 Å². The van der Waals surface area contributed by atoms with E-state index < -0.39 is 30.3 Å². The van der Waals surface area contributed by atoms with E-state index in [1.165, 1.54) is 29.5 Å². The van der Waals surface area contributed by atoms with E-state index in [4.69, 9.17) is 19.0 Å². The number of carboxylic acid groups (broad SMARTS) is 1. The molecule has 0 bridgehead atoms. The molecular weight excluding hydrogens is 738 g/mol. The van der Waals surface area contributed by atoms with Gasteiger partial charge in [-0.15, -0.1) is 24.8 Å². The highest BCUT2D eigenvalue weighted by atomic mass is 35.5. The van der Waals surface area contributed by atoms with E-state index in [1.54, 1.807) is 7.11 Å². The van der Waals surface area contributed by atoms with Crippen molar-refractivity contribution in [2.75, 3.05) is 51.3 Å². The van der Waals surface area contributed by atoms with Crippen molar-refractivity contribution in [3.63, 3.8) is 0 Å². The summed E-state index contributed by atoms with van der Waals surface area (Å²) in [6, 6.07) is 9.26. The van der Waals surface area contributed by atoms with E-state index in [0.29, 0.717) is 13.0 Å². The molecule has 4 aliphatic rings. The second-order valence-electron chi connectivity index (χ2n) is 17.6. The fourth-order valence-corrected chi connectivity index (χ4v) is 8.62. The molecular formula is C41H63BCl2N6O5. The van der Waals surface area contributed by atoms with Crippen molar-refractivity contribution < 1.29 is 23.9 Å².